The lowest BCUT2D eigenvalue weighted by molar-refractivity contribution is -0.156. The van der Waals surface area contributed by atoms with Crippen molar-refractivity contribution in [1.82, 2.24) is 0 Å². The molecule has 0 amide bonds. The van der Waals surface area contributed by atoms with E-state index in [0.717, 1.165) is 36.8 Å². The van der Waals surface area contributed by atoms with Crippen molar-refractivity contribution in [3.05, 3.63) is 71.8 Å². The van der Waals surface area contributed by atoms with Gasteiger partial charge >= 0.3 is 11.9 Å². The molecule has 0 bridgehead atoms. The molecular weight excluding hydrogens is 532 g/mol. The van der Waals surface area contributed by atoms with Gasteiger partial charge in [-0.3, -0.25) is 9.59 Å². The highest BCUT2D eigenvalue weighted by molar-refractivity contribution is 5.70. The van der Waals surface area contributed by atoms with Crippen LogP contribution in [0.3, 0.4) is 0 Å². The van der Waals surface area contributed by atoms with Crippen LogP contribution in [-0.2, 0) is 19.1 Å². The van der Waals surface area contributed by atoms with Crippen LogP contribution in [0.1, 0.15) is 172 Å². The summed E-state index contributed by atoms with van der Waals surface area (Å²) in [6.07, 6.45) is 22.1. The summed E-state index contributed by atoms with van der Waals surface area (Å²) in [5, 5.41) is 0. The summed E-state index contributed by atoms with van der Waals surface area (Å²) in [6, 6.07) is 19.7. The summed E-state index contributed by atoms with van der Waals surface area (Å²) in [5.41, 5.74) is 1.86. The molecular formula is C39H60O4. The van der Waals surface area contributed by atoms with E-state index >= 15 is 0 Å². The normalized spacial score (nSPS) is 12.5. The van der Waals surface area contributed by atoms with Gasteiger partial charge in [0.1, 0.15) is 12.2 Å². The fourth-order valence-electron chi connectivity index (χ4n) is 5.63. The standard InChI is InChI=1S/C39H60O4/c1-3-5-7-9-11-13-15-17-25-31-38(40)42-36(34-27-21-19-22-28-34)33-37(35-29-23-20-24-30-35)43-39(41)32-26-18-16-14-12-10-8-6-4-2/h19-24,27-30,36-37H,3-18,25-26,31-33H2,1-2H3. The highest BCUT2D eigenvalue weighted by atomic mass is 16.6. The predicted molar refractivity (Wildman–Crippen MR) is 179 cm³/mol. The molecule has 2 atom stereocenters. The van der Waals surface area contributed by atoms with Crippen LogP contribution in [0.15, 0.2) is 60.7 Å². The molecule has 0 aliphatic carbocycles. The first kappa shape index (κ1) is 36.6. The molecule has 2 rings (SSSR count). The number of ether oxygens (including phenoxy) is 2. The van der Waals surface area contributed by atoms with Crippen molar-refractivity contribution < 1.29 is 19.1 Å². The van der Waals surface area contributed by atoms with Gasteiger partial charge < -0.3 is 9.47 Å². The van der Waals surface area contributed by atoms with Crippen molar-refractivity contribution in [2.45, 2.75) is 161 Å². The van der Waals surface area contributed by atoms with E-state index in [2.05, 4.69) is 13.8 Å². The Labute approximate surface area is 263 Å². The van der Waals surface area contributed by atoms with Crippen molar-refractivity contribution in [2.75, 3.05) is 0 Å². The van der Waals surface area contributed by atoms with Crippen LogP contribution in [0.25, 0.3) is 0 Å². The van der Waals surface area contributed by atoms with Crippen molar-refractivity contribution in [3.63, 3.8) is 0 Å². The molecule has 0 aliphatic rings. The third kappa shape index (κ3) is 17.9. The molecule has 0 aromatic heterocycles. The minimum Gasteiger partial charge on any atom is -0.457 e. The molecule has 0 aliphatic heterocycles. The Morgan fingerprint density at radius 2 is 0.767 bits per heavy atom. The van der Waals surface area contributed by atoms with Crippen molar-refractivity contribution >= 4 is 11.9 Å². The maximum absolute atomic E-state index is 12.9. The van der Waals surface area contributed by atoms with Crippen LogP contribution >= 0.6 is 0 Å². The van der Waals surface area contributed by atoms with Gasteiger partial charge in [0.2, 0.25) is 0 Å². The summed E-state index contributed by atoms with van der Waals surface area (Å²) < 4.78 is 12.1. The topological polar surface area (TPSA) is 52.6 Å². The summed E-state index contributed by atoms with van der Waals surface area (Å²) >= 11 is 0. The van der Waals surface area contributed by atoms with E-state index in [9.17, 15) is 9.59 Å². The maximum atomic E-state index is 12.9. The van der Waals surface area contributed by atoms with E-state index in [-0.39, 0.29) is 11.9 Å². The number of benzene rings is 2. The first-order valence-electron chi connectivity index (χ1n) is 17.6. The second-order valence-electron chi connectivity index (χ2n) is 12.2. The van der Waals surface area contributed by atoms with Crippen LogP contribution in [0.5, 0.6) is 0 Å². The van der Waals surface area contributed by atoms with Crippen molar-refractivity contribution in [3.8, 4) is 0 Å². The zero-order valence-electron chi connectivity index (χ0n) is 27.4. The van der Waals surface area contributed by atoms with Crippen molar-refractivity contribution in [1.29, 1.82) is 0 Å². The molecule has 0 saturated carbocycles. The van der Waals surface area contributed by atoms with E-state index in [1.807, 2.05) is 60.7 Å². The smallest absolute Gasteiger partial charge is 0.306 e. The molecule has 4 heteroatoms. The summed E-state index contributed by atoms with van der Waals surface area (Å²) in [6.45, 7) is 4.49. The Balaban J connectivity index is 1.87. The quantitative estimate of drug-likeness (QED) is 0.0805. The minimum atomic E-state index is -0.474. The number of carbonyl (C=O) groups excluding carboxylic acids is 2. The lowest BCUT2D eigenvalue weighted by atomic mass is 9.98. The third-order valence-corrected chi connectivity index (χ3v) is 8.29. The van der Waals surface area contributed by atoms with E-state index < -0.39 is 12.2 Å². The highest BCUT2D eigenvalue weighted by Gasteiger charge is 2.25. The monoisotopic (exact) mass is 592 g/mol. The number of hydrogen-bond acceptors (Lipinski definition) is 4. The van der Waals surface area contributed by atoms with Gasteiger partial charge in [0.25, 0.3) is 0 Å². The summed E-state index contributed by atoms with van der Waals surface area (Å²) in [7, 11) is 0. The zero-order valence-corrected chi connectivity index (χ0v) is 27.4. The molecule has 4 nitrogen and oxygen atoms in total. The van der Waals surface area contributed by atoms with Gasteiger partial charge in [-0.15, -0.1) is 0 Å². The van der Waals surface area contributed by atoms with Crippen molar-refractivity contribution in [2.24, 2.45) is 0 Å². The average molecular weight is 593 g/mol. The number of esters is 2. The Hall–Kier alpha value is -2.62. The number of unbranched alkanes of at least 4 members (excludes halogenated alkanes) is 16. The van der Waals surface area contributed by atoms with Gasteiger partial charge in [-0.2, -0.15) is 0 Å². The number of hydrogen-bond donors (Lipinski definition) is 0. The molecule has 0 fully saturated rings. The number of carbonyl (C=O) groups is 2. The largest absolute Gasteiger partial charge is 0.457 e. The van der Waals surface area contributed by atoms with E-state index in [1.54, 1.807) is 0 Å². The molecule has 240 valence electrons. The van der Waals surface area contributed by atoms with Gasteiger partial charge in [0, 0.05) is 19.3 Å². The second-order valence-corrected chi connectivity index (χ2v) is 12.2. The molecule has 0 spiro atoms. The van der Waals surface area contributed by atoms with Gasteiger partial charge in [-0.05, 0) is 24.0 Å². The molecule has 2 unspecified atom stereocenters. The fourth-order valence-corrected chi connectivity index (χ4v) is 5.63. The Kier molecular flexibility index (Phi) is 21.1. The van der Waals surface area contributed by atoms with Gasteiger partial charge in [0.05, 0.1) is 0 Å². The average Bonchev–Trinajstić information content (AvgIpc) is 3.03. The first-order valence-corrected chi connectivity index (χ1v) is 17.6. The fraction of sp³-hybridized carbons (Fsp3) is 0.641. The van der Waals surface area contributed by atoms with Gasteiger partial charge in [-0.1, -0.05) is 177 Å². The van der Waals surface area contributed by atoms with Crippen LogP contribution < -0.4 is 0 Å². The molecule has 43 heavy (non-hydrogen) atoms. The first-order chi connectivity index (χ1) is 21.1. The Morgan fingerprint density at radius 1 is 0.465 bits per heavy atom. The molecule has 0 N–H and O–H groups in total. The summed E-state index contributed by atoms with van der Waals surface area (Å²) in [4.78, 5) is 25.9. The van der Waals surface area contributed by atoms with E-state index in [1.165, 1.54) is 89.9 Å². The van der Waals surface area contributed by atoms with E-state index in [4.69, 9.17) is 9.47 Å². The Morgan fingerprint density at radius 3 is 1.09 bits per heavy atom. The molecule has 0 heterocycles. The van der Waals surface area contributed by atoms with Gasteiger partial charge in [0.15, 0.2) is 0 Å². The predicted octanol–water partition coefficient (Wildman–Crippen LogP) is 11.8. The Bertz CT molecular complexity index is 865. The maximum Gasteiger partial charge on any atom is 0.306 e. The SMILES string of the molecule is CCCCCCCCCCCC(=O)OC(CC(OC(=O)CCCCCCCCCCC)c1ccccc1)c1ccccc1. The lowest BCUT2D eigenvalue weighted by Crippen LogP contribution is -2.18. The molecule has 0 saturated heterocycles. The molecule has 2 aromatic rings. The highest BCUT2D eigenvalue weighted by Crippen LogP contribution is 2.33. The van der Waals surface area contributed by atoms with Gasteiger partial charge in [-0.25, -0.2) is 0 Å². The lowest BCUT2D eigenvalue weighted by Gasteiger charge is -2.25. The molecule has 2 aromatic carbocycles. The van der Waals surface area contributed by atoms with E-state index in [0.29, 0.717) is 19.3 Å². The van der Waals surface area contributed by atoms with Crippen LogP contribution in [-0.4, -0.2) is 11.9 Å². The zero-order chi connectivity index (χ0) is 30.8. The van der Waals surface area contributed by atoms with Crippen LogP contribution in [0.2, 0.25) is 0 Å². The summed E-state index contributed by atoms with van der Waals surface area (Å²) in [5.74, 6) is -0.353. The number of rotatable bonds is 26. The van der Waals surface area contributed by atoms with Crippen LogP contribution in [0, 0.1) is 0 Å². The van der Waals surface area contributed by atoms with Crippen LogP contribution in [0.4, 0.5) is 0 Å². The third-order valence-electron chi connectivity index (χ3n) is 8.29. The molecule has 0 radical (unpaired) electrons. The minimum absolute atomic E-state index is 0.176. The second kappa shape index (κ2) is 24.8.